The number of carbonyl (C=O) groups excluding carboxylic acids is 3. The molecular weight excluding hydrogens is 516 g/mol. The van der Waals surface area contributed by atoms with Gasteiger partial charge >= 0.3 is 17.1 Å². The predicted molar refractivity (Wildman–Crippen MR) is 146 cm³/mol. The molecule has 216 valence electrons. The lowest BCUT2D eigenvalue weighted by atomic mass is 9.80. The molecule has 12 nitrogen and oxygen atoms in total. The van der Waals surface area contributed by atoms with Crippen molar-refractivity contribution in [3.05, 3.63) is 31.5 Å². The standard InChI is InChI=1S/C28H38N6O6/c1-19(31-18-37)22-10-4-7-13-25(22)34-27(39)32(23-11-5-2-8-20(23)14-29-16-35)26(38)33(28(34)40)24-12-6-3-9-21(24)15-30-17-36/h19-25H,2-15H2,1H3. The minimum Gasteiger partial charge on any atom is -0.247 e. The summed E-state index contributed by atoms with van der Waals surface area (Å²) in [6.07, 6.45) is 13.5. The van der Waals surface area contributed by atoms with Crippen LogP contribution in [0.25, 0.3) is 0 Å². The first-order chi connectivity index (χ1) is 19.4. The van der Waals surface area contributed by atoms with Crippen LogP contribution in [0.4, 0.5) is 0 Å². The molecule has 0 radical (unpaired) electrons. The molecule has 0 spiro atoms. The highest BCUT2D eigenvalue weighted by Crippen LogP contribution is 2.37. The fourth-order valence-corrected chi connectivity index (χ4v) is 7.44. The SMILES string of the molecule is CC(N=C=O)C1CCCCC1n1c(=O)n(C2CCCCC2CN=C=O)c(=O)n(C2CCCCC2CN=C=O)c1=O. The molecule has 7 unspecified atom stereocenters. The molecule has 1 aromatic rings. The molecule has 0 aliphatic heterocycles. The quantitative estimate of drug-likeness (QED) is 0.338. The molecule has 1 aromatic heterocycles. The molecule has 0 amide bonds. The van der Waals surface area contributed by atoms with E-state index in [2.05, 4.69) is 15.0 Å². The first-order valence-corrected chi connectivity index (χ1v) is 14.6. The summed E-state index contributed by atoms with van der Waals surface area (Å²) in [5.41, 5.74) is -1.97. The lowest BCUT2D eigenvalue weighted by Crippen LogP contribution is -2.60. The van der Waals surface area contributed by atoms with Crippen LogP contribution in [-0.2, 0) is 14.4 Å². The lowest BCUT2D eigenvalue weighted by molar-refractivity contribution is 0.159. The van der Waals surface area contributed by atoms with Crippen molar-refractivity contribution in [2.45, 2.75) is 108 Å². The Kier molecular flexibility index (Phi) is 10.2. The van der Waals surface area contributed by atoms with Crippen molar-refractivity contribution in [3.63, 3.8) is 0 Å². The molecule has 3 saturated carbocycles. The van der Waals surface area contributed by atoms with Gasteiger partial charge < -0.3 is 0 Å². The second-order valence-electron chi connectivity index (χ2n) is 11.5. The zero-order chi connectivity index (χ0) is 28.6. The summed E-state index contributed by atoms with van der Waals surface area (Å²) in [7, 11) is 0. The molecule has 40 heavy (non-hydrogen) atoms. The van der Waals surface area contributed by atoms with E-state index < -0.39 is 41.2 Å². The average molecular weight is 555 g/mol. The third kappa shape index (κ3) is 5.99. The molecule has 3 aliphatic carbocycles. The molecule has 4 rings (SSSR count). The van der Waals surface area contributed by atoms with Crippen molar-refractivity contribution in [3.8, 4) is 0 Å². The molecule has 0 N–H and O–H groups in total. The number of isocyanates is 3. The van der Waals surface area contributed by atoms with E-state index in [4.69, 9.17) is 0 Å². The molecule has 3 fully saturated rings. The van der Waals surface area contributed by atoms with Gasteiger partial charge in [0.15, 0.2) is 0 Å². The summed E-state index contributed by atoms with van der Waals surface area (Å²) in [6.45, 7) is 2.09. The lowest BCUT2D eigenvalue weighted by Gasteiger charge is -2.38. The van der Waals surface area contributed by atoms with Gasteiger partial charge in [0.05, 0.1) is 19.1 Å². The van der Waals surface area contributed by atoms with Gasteiger partial charge in [-0.2, -0.15) is 0 Å². The zero-order valence-electron chi connectivity index (χ0n) is 23.1. The number of aliphatic imine (C=N–C) groups is 3. The Morgan fingerprint density at radius 2 is 1.02 bits per heavy atom. The van der Waals surface area contributed by atoms with Crippen LogP contribution in [0.2, 0.25) is 0 Å². The van der Waals surface area contributed by atoms with Crippen LogP contribution >= 0.6 is 0 Å². The van der Waals surface area contributed by atoms with E-state index in [0.29, 0.717) is 38.5 Å². The van der Waals surface area contributed by atoms with E-state index in [1.54, 1.807) is 25.2 Å². The number of hydrogen-bond acceptors (Lipinski definition) is 9. The minimum absolute atomic E-state index is 0.149. The van der Waals surface area contributed by atoms with Crippen molar-refractivity contribution in [2.24, 2.45) is 32.7 Å². The fourth-order valence-electron chi connectivity index (χ4n) is 7.44. The van der Waals surface area contributed by atoms with Gasteiger partial charge in [-0.05, 0) is 45.4 Å². The zero-order valence-corrected chi connectivity index (χ0v) is 23.1. The van der Waals surface area contributed by atoms with Crippen LogP contribution in [0.1, 0.15) is 102 Å². The van der Waals surface area contributed by atoms with Crippen molar-refractivity contribution in [2.75, 3.05) is 13.1 Å². The smallest absolute Gasteiger partial charge is 0.247 e. The Morgan fingerprint density at radius 1 is 0.625 bits per heavy atom. The second kappa shape index (κ2) is 13.8. The first kappa shape index (κ1) is 29.5. The van der Waals surface area contributed by atoms with Gasteiger partial charge in [-0.15, -0.1) is 0 Å². The Bertz CT molecular complexity index is 1300. The number of hydrogen-bond donors (Lipinski definition) is 0. The van der Waals surface area contributed by atoms with Crippen LogP contribution in [0.5, 0.6) is 0 Å². The van der Waals surface area contributed by atoms with E-state index >= 15 is 0 Å². The Morgan fingerprint density at radius 3 is 1.48 bits per heavy atom. The van der Waals surface area contributed by atoms with Crippen LogP contribution < -0.4 is 17.1 Å². The Labute approximate surface area is 231 Å². The molecule has 7 atom stereocenters. The minimum atomic E-state index is -0.657. The summed E-state index contributed by atoms with van der Waals surface area (Å²) in [6, 6.07) is -2.03. The van der Waals surface area contributed by atoms with E-state index in [9.17, 15) is 28.8 Å². The molecule has 0 aromatic carbocycles. The van der Waals surface area contributed by atoms with Crippen LogP contribution in [-0.4, -0.2) is 51.1 Å². The maximum atomic E-state index is 14.3. The number of aromatic nitrogens is 3. The van der Waals surface area contributed by atoms with E-state index in [0.717, 1.165) is 38.5 Å². The summed E-state index contributed by atoms with van der Waals surface area (Å²) < 4.78 is 3.71. The Hall–Kier alpha value is -3.45. The third-order valence-corrected chi connectivity index (χ3v) is 9.41. The van der Waals surface area contributed by atoms with Crippen molar-refractivity contribution >= 4 is 18.2 Å². The van der Waals surface area contributed by atoms with Gasteiger partial charge in [0.2, 0.25) is 18.2 Å². The largest absolute Gasteiger partial charge is 0.336 e. The van der Waals surface area contributed by atoms with Gasteiger partial charge in [-0.1, -0.05) is 38.5 Å². The predicted octanol–water partition coefficient (Wildman–Crippen LogP) is 2.76. The maximum absolute atomic E-state index is 14.3. The number of nitrogens with zero attached hydrogens (tertiary/aromatic N) is 6. The van der Waals surface area contributed by atoms with E-state index in [1.165, 1.54) is 13.7 Å². The topological polar surface area (TPSA) is 154 Å². The highest BCUT2D eigenvalue weighted by molar-refractivity contribution is 5.33. The molecule has 1 heterocycles. The van der Waals surface area contributed by atoms with Crippen molar-refractivity contribution < 1.29 is 14.4 Å². The molecule has 3 aliphatic rings. The highest BCUT2D eigenvalue weighted by Gasteiger charge is 2.39. The number of rotatable bonds is 9. The van der Waals surface area contributed by atoms with Gasteiger partial charge in [-0.3, -0.25) is 0 Å². The van der Waals surface area contributed by atoms with Gasteiger partial charge in [0.25, 0.3) is 0 Å². The monoisotopic (exact) mass is 554 g/mol. The highest BCUT2D eigenvalue weighted by atomic mass is 16.2. The fraction of sp³-hybridized carbons (Fsp3) is 0.786. The van der Waals surface area contributed by atoms with Crippen LogP contribution in [0.15, 0.2) is 29.4 Å². The van der Waals surface area contributed by atoms with Crippen molar-refractivity contribution in [1.82, 2.24) is 13.7 Å². The van der Waals surface area contributed by atoms with Crippen molar-refractivity contribution in [1.29, 1.82) is 0 Å². The van der Waals surface area contributed by atoms with Gasteiger partial charge in [0.1, 0.15) is 0 Å². The summed E-state index contributed by atoms with van der Waals surface area (Å²) in [5.74, 6) is -0.686. The summed E-state index contributed by atoms with van der Waals surface area (Å²) in [4.78, 5) is 87.2. The summed E-state index contributed by atoms with van der Waals surface area (Å²) >= 11 is 0. The molecule has 0 bridgehead atoms. The van der Waals surface area contributed by atoms with Crippen LogP contribution in [0.3, 0.4) is 0 Å². The summed E-state index contributed by atoms with van der Waals surface area (Å²) in [5, 5.41) is 0. The molecule has 12 heteroatoms. The molecule has 0 saturated heterocycles. The first-order valence-electron chi connectivity index (χ1n) is 14.6. The maximum Gasteiger partial charge on any atom is 0.336 e. The molecular formula is C28H38N6O6. The average Bonchev–Trinajstić information content (AvgIpc) is 2.96. The Balaban J connectivity index is 1.97. The van der Waals surface area contributed by atoms with Crippen LogP contribution in [0, 0.1) is 17.8 Å². The van der Waals surface area contributed by atoms with Gasteiger partial charge in [0, 0.05) is 35.9 Å². The van der Waals surface area contributed by atoms with E-state index in [-0.39, 0.29) is 30.8 Å². The second-order valence-corrected chi connectivity index (χ2v) is 11.5. The third-order valence-electron chi connectivity index (χ3n) is 9.41. The van der Waals surface area contributed by atoms with E-state index in [1.807, 2.05) is 0 Å². The normalized spacial score (nSPS) is 29.3. The van der Waals surface area contributed by atoms with Gasteiger partial charge in [-0.25, -0.2) is 57.4 Å².